The van der Waals surface area contributed by atoms with E-state index in [1.54, 1.807) is 17.2 Å². The molecule has 0 aromatic heterocycles. The summed E-state index contributed by atoms with van der Waals surface area (Å²) in [6.45, 7) is 29.0. The van der Waals surface area contributed by atoms with Crippen LogP contribution in [0.4, 0.5) is 0 Å². The van der Waals surface area contributed by atoms with E-state index in [0.717, 1.165) is 29.9 Å². The summed E-state index contributed by atoms with van der Waals surface area (Å²) in [6, 6.07) is 4.97. The molecule has 6 heteroatoms. The SMILES string of the molecule is Cc1ccc(S(=O)(=O)O)cc1C[C@H](C)CCC[C@@H](C)[C@H]1CC[C@H]2C3=CC=C4C(C)(C)[C@@H](O[Si](C)(C)C(C)(C)C)CC[C@]4(C)[C@H]3CC[C@]12C. The first-order valence-corrected chi connectivity index (χ1v) is 23.5. The van der Waals surface area contributed by atoms with Crippen molar-refractivity contribution in [2.24, 2.45) is 45.8 Å². The lowest BCUT2D eigenvalue weighted by Gasteiger charge is -2.60. The fraction of sp³-hybridized carbons (Fsp3) is 0.762. The van der Waals surface area contributed by atoms with Crippen LogP contribution < -0.4 is 0 Å². The number of rotatable bonds is 10. The predicted molar refractivity (Wildman–Crippen MR) is 203 cm³/mol. The molecule has 4 aliphatic carbocycles. The van der Waals surface area contributed by atoms with Crippen molar-refractivity contribution >= 4 is 18.4 Å². The lowest BCUT2D eigenvalue weighted by Crippen LogP contribution is -2.55. The molecule has 48 heavy (non-hydrogen) atoms. The Morgan fingerprint density at radius 2 is 1.65 bits per heavy atom. The highest BCUT2D eigenvalue weighted by atomic mass is 32.2. The molecule has 0 unspecified atom stereocenters. The van der Waals surface area contributed by atoms with Crippen LogP contribution in [0.25, 0.3) is 0 Å². The van der Waals surface area contributed by atoms with Crippen LogP contribution in [0.2, 0.25) is 18.1 Å². The molecule has 3 saturated carbocycles. The fourth-order valence-corrected chi connectivity index (χ4v) is 12.9. The topological polar surface area (TPSA) is 63.6 Å². The van der Waals surface area contributed by atoms with Crippen LogP contribution in [0.15, 0.2) is 46.4 Å². The van der Waals surface area contributed by atoms with E-state index in [-0.39, 0.29) is 20.8 Å². The Morgan fingerprint density at radius 1 is 0.958 bits per heavy atom. The largest absolute Gasteiger partial charge is 0.413 e. The first-order chi connectivity index (χ1) is 22.0. The Balaban J connectivity index is 1.24. The van der Waals surface area contributed by atoms with E-state index in [0.29, 0.717) is 35.2 Å². The van der Waals surface area contributed by atoms with Crippen LogP contribution in [-0.2, 0) is 21.0 Å². The first-order valence-electron chi connectivity index (χ1n) is 19.2. The van der Waals surface area contributed by atoms with Gasteiger partial charge in [-0.05, 0) is 134 Å². The summed E-state index contributed by atoms with van der Waals surface area (Å²) < 4.78 is 40.1. The molecule has 3 fully saturated rings. The van der Waals surface area contributed by atoms with Gasteiger partial charge >= 0.3 is 0 Å². The molecular weight excluding hydrogens is 629 g/mol. The van der Waals surface area contributed by atoms with Crippen LogP contribution in [0.3, 0.4) is 0 Å². The van der Waals surface area contributed by atoms with Crippen molar-refractivity contribution in [2.45, 2.75) is 163 Å². The van der Waals surface area contributed by atoms with E-state index >= 15 is 0 Å². The van der Waals surface area contributed by atoms with Gasteiger partial charge in [0.15, 0.2) is 8.32 Å². The van der Waals surface area contributed by atoms with E-state index in [2.05, 4.69) is 87.6 Å². The highest BCUT2D eigenvalue weighted by Gasteiger charge is 2.60. The third-order valence-corrected chi connectivity index (χ3v) is 20.2. The highest BCUT2D eigenvalue weighted by molar-refractivity contribution is 7.85. The summed E-state index contributed by atoms with van der Waals surface area (Å²) in [4.78, 5) is 0.00325. The number of allylic oxidation sites excluding steroid dienone is 3. The molecule has 1 N–H and O–H groups in total. The third kappa shape index (κ3) is 6.87. The Hall–Kier alpha value is -1.21. The number of hydrogen-bond acceptors (Lipinski definition) is 3. The predicted octanol–water partition coefficient (Wildman–Crippen LogP) is 11.8. The van der Waals surface area contributed by atoms with Gasteiger partial charge in [0.2, 0.25) is 0 Å². The summed E-state index contributed by atoms with van der Waals surface area (Å²) in [5.41, 5.74) is 6.22. The monoisotopic (exact) mass is 696 g/mol. The maximum Gasteiger partial charge on any atom is 0.294 e. The van der Waals surface area contributed by atoms with Gasteiger partial charge in [0.05, 0.1) is 11.0 Å². The summed E-state index contributed by atoms with van der Waals surface area (Å²) in [6.07, 6.45) is 17.7. The van der Waals surface area contributed by atoms with Gasteiger partial charge in [0.25, 0.3) is 10.1 Å². The maximum absolute atomic E-state index is 11.7. The zero-order chi connectivity index (χ0) is 35.7. The third-order valence-electron chi connectivity index (χ3n) is 14.9. The average Bonchev–Trinajstić information content (AvgIpc) is 3.32. The van der Waals surface area contributed by atoms with E-state index in [1.807, 2.05) is 13.0 Å². The van der Waals surface area contributed by atoms with E-state index < -0.39 is 18.4 Å². The van der Waals surface area contributed by atoms with Gasteiger partial charge in [-0.1, -0.05) is 111 Å². The Morgan fingerprint density at radius 3 is 2.29 bits per heavy atom. The second-order valence-corrected chi connectivity index (χ2v) is 25.6. The second-order valence-electron chi connectivity index (χ2n) is 19.4. The number of fused-ring (bicyclic) bond motifs is 5. The van der Waals surface area contributed by atoms with Crippen LogP contribution in [0.1, 0.15) is 131 Å². The van der Waals surface area contributed by atoms with Crippen LogP contribution in [-0.4, -0.2) is 27.4 Å². The minimum Gasteiger partial charge on any atom is -0.413 e. The molecule has 270 valence electrons. The smallest absolute Gasteiger partial charge is 0.294 e. The van der Waals surface area contributed by atoms with Crippen molar-refractivity contribution in [2.75, 3.05) is 0 Å². The van der Waals surface area contributed by atoms with Crippen molar-refractivity contribution < 1.29 is 17.4 Å². The lowest BCUT2D eigenvalue weighted by molar-refractivity contribution is -0.0113. The average molecular weight is 697 g/mol. The summed E-state index contributed by atoms with van der Waals surface area (Å²) in [5.74, 6) is 3.33. The maximum atomic E-state index is 11.7. The molecule has 1 aromatic rings. The Bertz CT molecular complexity index is 1530. The van der Waals surface area contributed by atoms with Crippen LogP contribution in [0, 0.1) is 52.8 Å². The minimum absolute atomic E-state index is 0.00325. The molecule has 8 atom stereocenters. The molecule has 0 radical (unpaired) electrons. The van der Waals surface area contributed by atoms with Crippen molar-refractivity contribution in [1.29, 1.82) is 0 Å². The molecule has 0 bridgehead atoms. The van der Waals surface area contributed by atoms with Crippen molar-refractivity contribution in [3.63, 3.8) is 0 Å². The molecular formula is C42H68O4SSi. The Kier molecular flexibility index (Phi) is 10.4. The van der Waals surface area contributed by atoms with E-state index in [4.69, 9.17) is 4.43 Å². The van der Waals surface area contributed by atoms with Gasteiger partial charge in [-0.15, -0.1) is 0 Å². The summed E-state index contributed by atoms with van der Waals surface area (Å²) in [7, 11) is -6.04. The van der Waals surface area contributed by atoms with Gasteiger partial charge < -0.3 is 4.43 Å². The first kappa shape index (κ1) is 38.0. The normalized spacial score (nSPS) is 33.2. The van der Waals surface area contributed by atoms with E-state index in [9.17, 15) is 13.0 Å². The highest BCUT2D eigenvalue weighted by Crippen LogP contribution is 2.68. The van der Waals surface area contributed by atoms with Gasteiger partial charge in [0, 0.05) is 5.41 Å². The zero-order valence-electron chi connectivity index (χ0n) is 32.5. The van der Waals surface area contributed by atoms with Crippen molar-refractivity contribution in [3.8, 4) is 0 Å². The molecule has 0 spiro atoms. The Labute approximate surface area is 295 Å². The standard InChI is InChI=1S/C42H68O4SSi/c1-28(26-31-27-32(47(43,44)45)17-16-29(31)2)14-13-15-30(3)34-19-20-35-33-18-21-37-40(7,8)38(46-48(11,12)39(4,5)6)23-25-42(37,10)36(33)22-24-41(34,35)9/h16-18,21,27-28,30,34-36,38H,13-15,19-20,22-26H2,1-12H3,(H,43,44,45)/t28-,30-,34-,35+,36+,38+,41-,42-/m1/s1. The molecule has 4 nitrogen and oxygen atoms in total. The van der Waals surface area contributed by atoms with Crippen molar-refractivity contribution in [3.05, 3.63) is 52.6 Å². The van der Waals surface area contributed by atoms with E-state index in [1.165, 1.54) is 57.4 Å². The van der Waals surface area contributed by atoms with Gasteiger partial charge in [-0.25, -0.2) is 0 Å². The van der Waals surface area contributed by atoms with Crippen molar-refractivity contribution in [1.82, 2.24) is 0 Å². The van der Waals surface area contributed by atoms with Gasteiger partial charge in [-0.3, -0.25) is 4.55 Å². The number of benzene rings is 1. The molecule has 0 heterocycles. The number of hydrogen-bond donors (Lipinski definition) is 1. The lowest BCUT2D eigenvalue weighted by atomic mass is 9.46. The summed E-state index contributed by atoms with van der Waals surface area (Å²) >= 11 is 0. The molecule has 1 aromatic carbocycles. The van der Waals surface area contributed by atoms with Gasteiger partial charge in [-0.2, -0.15) is 8.42 Å². The second kappa shape index (κ2) is 13.1. The van der Waals surface area contributed by atoms with Crippen LogP contribution >= 0.6 is 0 Å². The zero-order valence-corrected chi connectivity index (χ0v) is 34.3. The summed E-state index contributed by atoms with van der Waals surface area (Å²) in [5, 5.41) is 0.222. The molecule has 0 aliphatic heterocycles. The number of aryl methyl sites for hydroxylation is 1. The minimum atomic E-state index is -4.18. The molecule has 0 amide bonds. The van der Waals surface area contributed by atoms with Gasteiger partial charge in [0.1, 0.15) is 0 Å². The quantitative estimate of drug-likeness (QED) is 0.195. The molecule has 4 aliphatic rings. The fourth-order valence-electron chi connectivity index (χ4n) is 10.9. The molecule has 5 rings (SSSR count). The van der Waals surface area contributed by atoms with Crippen LogP contribution in [0.5, 0.6) is 0 Å². The molecule has 0 saturated heterocycles.